The zero-order valence-corrected chi connectivity index (χ0v) is 10.8. The molecule has 0 N–H and O–H groups in total. The Kier molecular flexibility index (Phi) is 2.18. The molecule has 4 rings (SSSR count). The average molecular weight is 249 g/mol. The van der Waals surface area contributed by atoms with Gasteiger partial charge in [0, 0.05) is 11.8 Å². The zero-order chi connectivity index (χ0) is 12.1. The second-order valence-corrected chi connectivity index (χ2v) is 5.39. The van der Waals surface area contributed by atoms with E-state index in [1.54, 1.807) is 0 Å². The summed E-state index contributed by atoms with van der Waals surface area (Å²) in [4.78, 5) is 0. The molecule has 0 heterocycles. The first-order valence-corrected chi connectivity index (χ1v) is 6.93. The molecule has 2 unspecified atom stereocenters. The van der Waals surface area contributed by atoms with Crippen LogP contribution in [0.3, 0.4) is 0 Å². The van der Waals surface area contributed by atoms with Crippen LogP contribution in [0.1, 0.15) is 0 Å². The third-order valence-corrected chi connectivity index (χ3v) is 4.56. The highest BCUT2D eigenvalue weighted by Gasteiger charge is 2.37. The molecule has 0 nitrogen and oxygen atoms in total. The highest BCUT2D eigenvalue weighted by atomic mass is 32.1. The Bertz CT molecular complexity index is 633. The predicted molar refractivity (Wildman–Crippen MR) is 77.9 cm³/mol. The Balaban J connectivity index is 1.99. The van der Waals surface area contributed by atoms with Crippen molar-refractivity contribution in [3.05, 3.63) is 82.5 Å². The Hall–Kier alpha value is -1.47. The molecule has 0 aromatic heterocycles. The molecule has 0 aromatic rings. The van der Waals surface area contributed by atoms with E-state index in [2.05, 4.69) is 54.7 Å². The minimum Gasteiger partial charge on any atom is -0.788 e. The summed E-state index contributed by atoms with van der Waals surface area (Å²) in [5.41, 5.74) is 7.04. The van der Waals surface area contributed by atoms with Crippen molar-refractivity contribution in [2.75, 3.05) is 5.75 Å². The molecule has 0 aliphatic heterocycles. The van der Waals surface area contributed by atoms with Crippen LogP contribution < -0.4 is 0 Å². The van der Waals surface area contributed by atoms with E-state index in [9.17, 15) is 0 Å². The van der Waals surface area contributed by atoms with Crippen molar-refractivity contribution in [2.24, 2.45) is 11.8 Å². The van der Waals surface area contributed by atoms with E-state index in [1.165, 1.54) is 27.9 Å². The van der Waals surface area contributed by atoms with Crippen LogP contribution in [0.15, 0.2) is 82.5 Å². The van der Waals surface area contributed by atoms with E-state index >= 15 is 0 Å². The Labute approximate surface area is 113 Å². The molecule has 0 bridgehead atoms. The summed E-state index contributed by atoms with van der Waals surface area (Å²) in [6.07, 6.45) is 20.1. The quantitative estimate of drug-likeness (QED) is 0.640. The third-order valence-electron chi connectivity index (χ3n) is 4.25. The Morgan fingerprint density at radius 2 is 1.50 bits per heavy atom. The van der Waals surface area contributed by atoms with E-state index in [0.717, 1.165) is 0 Å². The first-order chi connectivity index (χ1) is 8.88. The standard InChI is InChI=1S/C17H14S/c18-10-14-7-6-13-5-4-11-2-1-3-12-8-9-15(14)17(13)16(11)12/h1-9,16-18H,10H2/p-1. The minimum atomic E-state index is 0.495. The molecule has 88 valence electrons. The maximum atomic E-state index is 5.27. The summed E-state index contributed by atoms with van der Waals surface area (Å²) in [5.74, 6) is 1.71. The Morgan fingerprint density at radius 1 is 0.778 bits per heavy atom. The van der Waals surface area contributed by atoms with Gasteiger partial charge in [-0.15, -0.1) is 0 Å². The number of allylic oxidation sites excluding steroid dienone is 13. The molecule has 0 aromatic carbocycles. The second kappa shape index (κ2) is 3.76. The normalized spacial score (nSPS) is 30.8. The fourth-order valence-electron chi connectivity index (χ4n) is 3.40. The van der Waals surface area contributed by atoms with E-state index in [1.807, 2.05) is 0 Å². The highest BCUT2D eigenvalue weighted by Crippen LogP contribution is 2.49. The van der Waals surface area contributed by atoms with Gasteiger partial charge in [0.2, 0.25) is 0 Å². The van der Waals surface area contributed by atoms with Crippen LogP contribution >= 0.6 is 0 Å². The molecule has 0 fully saturated rings. The summed E-state index contributed by atoms with van der Waals surface area (Å²) in [6, 6.07) is 0. The average Bonchev–Trinajstić information content (AvgIpc) is 2.44. The summed E-state index contributed by atoms with van der Waals surface area (Å²) < 4.78 is 0. The van der Waals surface area contributed by atoms with Gasteiger partial charge in [0.1, 0.15) is 0 Å². The van der Waals surface area contributed by atoms with Crippen molar-refractivity contribution in [1.82, 2.24) is 0 Å². The van der Waals surface area contributed by atoms with Crippen molar-refractivity contribution < 1.29 is 0 Å². The molecule has 4 aliphatic rings. The molecule has 0 spiro atoms. The molecule has 2 atom stereocenters. The fourth-order valence-corrected chi connectivity index (χ4v) is 3.66. The number of hydrogen-bond donors (Lipinski definition) is 0. The SMILES string of the molecule is [S-]CC1=C2C=CC3=CC=CC4=CC=C(C=C1)C2C34. The summed E-state index contributed by atoms with van der Waals surface area (Å²) in [5, 5.41) is 0. The monoisotopic (exact) mass is 249 g/mol. The van der Waals surface area contributed by atoms with Crippen LogP contribution in [0.5, 0.6) is 0 Å². The first kappa shape index (κ1) is 10.5. The number of hydrogen-bond acceptors (Lipinski definition) is 1. The van der Waals surface area contributed by atoms with Crippen LogP contribution in [0.2, 0.25) is 0 Å². The van der Waals surface area contributed by atoms with Gasteiger partial charge < -0.3 is 12.6 Å². The van der Waals surface area contributed by atoms with Gasteiger partial charge in [-0.25, -0.2) is 0 Å². The molecular formula is C17H13S-. The van der Waals surface area contributed by atoms with Crippen molar-refractivity contribution in [2.45, 2.75) is 0 Å². The molecule has 1 heteroatoms. The molecule has 0 amide bonds. The van der Waals surface area contributed by atoms with Gasteiger partial charge in [0.25, 0.3) is 0 Å². The maximum absolute atomic E-state index is 5.27. The van der Waals surface area contributed by atoms with Gasteiger partial charge in [0.05, 0.1) is 0 Å². The lowest BCUT2D eigenvalue weighted by Crippen LogP contribution is -2.29. The summed E-state index contributed by atoms with van der Waals surface area (Å²) >= 11 is 5.27. The van der Waals surface area contributed by atoms with Crippen LogP contribution in [0.4, 0.5) is 0 Å². The highest BCUT2D eigenvalue weighted by molar-refractivity contribution is 7.58. The lowest BCUT2D eigenvalue weighted by atomic mass is 9.63. The first-order valence-electron chi connectivity index (χ1n) is 6.36. The summed E-state index contributed by atoms with van der Waals surface area (Å²) in [6.45, 7) is 0. The largest absolute Gasteiger partial charge is 0.788 e. The molecule has 4 aliphatic carbocycles. The van der Waals surface area contributed by atoms with Gasteiger partial charge in [-0.2, -0.15) is 5.75 Å². The van der Waals surface area contributed by atoms with Crippen molar-refractivity contribution in [3.63, 3.8) is 0 Å². The van der Waals surface area contributed by atoms with E-state index < -0.39 is 0 Å². The van der Waals surface area contributed by atoms with Gasteiger partial charge in [-0.05, 0) is 22.3 Å². The van der Waals surface area contributed by atoms with Crippen LogP contribution in [-0.4, -0.2) is 5.75 Å². The molecular weight excluding hydrogens is 236 g/mol. The van der Waals surface area contributed by atoms with Gasteiger partial charge >= 0.3 is 0 Å². The van der Waals surface area contributed by atoms with Crippen molar-refractivity contribution in [3.8, 4) is 0 Å². The van der Waals surface area contributed by atoms with Crippen molar-refractivity contribution in [1.29, 1.82) is 0 Å². The summed E-state index contributed by atoms with van der Waals surface area (Å²) in [7, 11) is 0. The van der Waals surface area contributed by atoms with E-state index in [-0.39, 0.29) is 0 Å². The molecule has 0 saturated heterocycles. The smallest absolute Gasteiger partial charge is 0.0201 e. The topological polar surface area (TPSA) is 0 Å². The lowest BCUT2D eigenvalue weighted by Gasteiger charge is -2.41. The molecule has 18 heavy (non-hydrogen) atoms. The second-order valence-electron chi connectivity index (χ2n) is 5.11. The van der Waals surface area contributed by atoms with Gasteiger partial charge in [0.15, 0.2) is 0 Å². The lowest BCUT2D eigenvalue weighted by molar-refractivity contribution is 0.560. The van der Waals surface area contributed by atoms with Crippen LogP contribution in [0, 0.1) is 11.8 Å². The van der Waals surface area contributed by atoms with Gasteiger partial charge in [-0.3, -0.25) is 0 Å². The predicted octanol–water partition coefficient (Wildman–Crippen LogP) is 3.56. The van der Waals surface area contributed by atoms with E-state index in [0.29, 0.717) is 17.6 Å². The Morgan fingerprint density at radius 3 is 2.33 bits per heavy atom. The van der Waals surface area contributed by atoms with E-state index in [4.69, 9.17) is 12.6 Å². The zero-order valence-electron chi connectivity index (χ0n) is 9.97. The van der Waals surface area contributed by atoms with Crippen molar-refractivity contribution >= 4 is 12.6 Å². The minimum absolute atomic E-state index is 0.495. The fraction of sp³-hybridized carbons (Fsp3) is 0.176. The molecule has 0 radical (unpaired) electrons. The van der Waals surface area contributed by atoms with Crippen LogP contribution in [-0.2, 0) is 12.6 Å². The van der Waals surface area contributed by atoms with Gasteiger partial charge in [-0.1, -0.05) is 60.3 Å². The maximum Gasteiger partial charge on any atom is 0.0201 e. The molecule has 0 saturated carbocycles. The van der Waals surface area contributed by atoms with Crippen LogP contribution in [0.25, 0.3) is 0 Å². The number of rotatable bonds is 1. The third kappa shape index (κ3) is 1.28.